The van der Waals surface area contributed by atoms with Gasteiger partial charge >= 0.3 is 68.9 Å². The van der Waals surface area contributed by atoms with Gasteiger partial charge in [-0.25, -0.2) is 15.0 Å². The molecule has 0 aliphatic heterocycles. The number of para-hydroxylation sites is 1. The third kappa shape index (κ3) is 5.84. The molecule has 6 rings (SSSR count). The Kier molecular flexibility index (Phi) is 8.54. The first-order chi connectivity index (χ1) is 18.2. The fourth-order valence-corrected chi connectivity index (χ4v) is 4.34. The number of hydrogen-bond donors (Lipinski definition) is 1. The van der Waals surface area contributed by atoms with Gasteiger partial charge in [0.2, 0.25) is 0 Å². The summed E-state index contributed by atoms with van der Waals surface area (Å²) in [6.07, 6.45) is 0. The molecule has 6 aromatic rings. The first-order valence-corrected chi connectivity index (χ1v) is 12.1. The normalized spacial score (nSPS) is 10.5. The van der Waals surface area contributed by atoms with Crippen LogP contribution in [0.3, 0.4) is 0 Å². The predicted molar refractivity (Wildman–Crippen MR) is 156 cm³/mol. The maximum absolute atomic E-state index is 10.3. The summed E-state index contributed by atoms with van der Waals surface area (Å²) >= 11 is 0. The molecule has 5 heteroatoms. The van der Waals surface area contributed by atoms with Gasteiger partial charge in [-0.05, 0) is 36.4 Å². The number of aromatic nitrogens is 3. The first-order valence-electron chi connectivity index (χ1n) is 12.1. The molecule has 0 aliphatic rings. The van der Waals surface area contributed by atoms with Gasteiger partial charge in [-0.2, -0.15) is 0 Å². The fraction of sp³-hybridized carbons (Fsp3) is 0. The second-order valence-electron chi connectivity index (χ2n) is 8.70. The fourth-order valence-electron chi connectivity index (χ4n) is 4.34. The molecule has 0 unspecified atom stereocenters. The van der Waals surface area contributed by atoms with E-state index in [1.807, 2.05) is 97.1 Å². The second kappa shape index (κ2) is 12.2. The average molecular weight is 611 g/mol. The zero-order valence-corrected chi connectivity index (χ0v) is 20.0. The molecule has 0 saturated heterocycles. The van der Waals surface area contributed by atoms with Crippen LogP contribution in [0.25, 0.3) is 56.4 Å². The van der Waals surface area contributed by atoms with Crippen LogP contribution < -0.4 is 0 Å². The zero-order valence-electron chi connectivity index (χ0n) is 20.0. The van der Waals surface area contributed by atoms with Crippen molar-refractivity contribution in [2.75, 3.05) is 0 Å². The van der Waals surface area contributed by atoms with Crippen molar-refractivity contribution < 1.29 is 5.11 Å². The number of benzene rings is 4. The molecule has 178 valence electrons. The van der Waals surface area contributed by atoms with Crippen molar-refractivity contribution in [2.45, 2.75) is 0 Å². The number of nitrogens with zero attached hydrogens (tertiary/aromatic N) is 3. The summed E-state index contributed by atoms with van der Waals surface area (Å²) < 4.78 is 0. The van der Waals surface area contributed by atoms with E-state index in [1.165, 1.54) is 0 Å². The molecular weight excluding hydrogens is 587 g/mol. The van der Waals surface area contributed by atoms with Crippen LogP contribution in [0.1, 0.15) is 0 Å². The SMILES string of the molecule is Oc1ccccc1-c1cccc(-c2cccc(-c3cc(-c4ccccc4)nc(-c4ccccc4)n3)c2)n1.[CsH]. The van der Waals surface area contributed by atoms with E-state index < -0.39 is 0 Å². The van der Waals surface area contributed by atoms with E-state index in [2.05, 4.69) is 24.3 Å². The summed E-state index contributed by atoms with van der Waals surface area (Å²) in [7, 11) is 0. The van der Waals surface area contributed by atoms with Crippen LogP contribution in [0.4, 0.5) is 0 Å². The Morgan fingerprint density at radius 2 is 0.921 bits per heavy atom. The van der Waals surface area contributed by atoms with Crippen LogP contribution in [-0.4, -0.2) is 89.0 Å². The van der Waals surface area contributed by atoms with Gasteiger partial charge in [-0.3, -0.25) is 0 Å². The van der Waals surface area contributed by atoms with Gasteiger partial charge in [0.1, 0.15) is 5.75 Å². The molecule has 2 aromatic heterocycles. The van der Waals surface area contributed by atoms with E-state index in [0.717, 1.165) is 45.0 Å². The van der Waals surface area contributed by atoms with Gasteiger partial charge in [0.05, 0.1) is 22.8 Å². The third-order valence-electron chi connectivity index (χ3n) is 6.21. The number of hydrogen-bond acceptors (Lipinski definition) is 4. The summed E-state index contributed by atoms with van der Waals surface area (Å²) in [5.41, 5.74) is 7.91. The maximum atomic E-state index is 10.3. The number of rotatable bonds is 5. The van der Waals surface area contributed by atoms with E-state index in [9.17, 15) is 5.11 Å². The molecule has 38 heavy (non-hydrogen) atoms. The molecule has 0 bridgehead atoms. The van der Waals surface area contributed by atoms with Gasteiger partial charge < -0.3 is 5.11 Å². The van der Waals surface area contributed by atoms with Gasteiger partial charge in [0, 0.05) is 27.8 Å². The molecule has 0 amide bonds. The van der Waals surface area contributed by atoms with Gasteiger partial charge in [-0.1, -0.05) is 97.1 Å². The number of aromatic hydroxyl groups is 1. The Labute approximate surface area is 280 Å². The summed E-state index contributed by atoms with van der Waals surface area (Å²) in [6, 6.07) is 43.5. The van der Waals surface area contributed by atoms with Crippen LogP contribution in [0.2, 0.25) is 0 Å². The van der Waals surface area contributed by atoms with E-state index in [1.54, 1.807) is 12.1 Å². The Balaban J connectivity index is 0.00000294. The van der Waals surface area contributed by atoms with Crippen LogP contribution in [0.15, 0.2) is 133 Å². The van der Waals surface area contributed by atoms with Crippen LogP contribution >= 0.6 is 0 Å². The molecule has 0 saturated carbocycles. The average Bonchev–Trinajstić information content (AvgIpc) is 2.98. The minimum absolute atomic E-state index is 0. The quantitative estimate of drug-likeness (QED) is 0.223. The molecular formula is C33H24CsN3O. The Morgan fingerprint density at radius 1 is 0.395 bits per heavy atom. The topological polar surface area (TPSA) is 58.9 Å². The van der Waals surface area contributed by atoms with Crippen LogP contribution in [0, 0.1) is 0 Å². The van der Waals surface area contributed by atoms with Gasteiger partial charge in [0.15, 0.2) is 5.82 Å². The zero-order chi connectivity index (χ0) is 25.0. The molecule has 4 aromatic carbocycles. The monoisotopic (exact) mass is 611 g/mol. The molecule has 0 fully saturated rings. The van der Waals surface area contributed by atoms with Gasteiger partial charge in [-0.15, -0.1) is 0 Å². The number of pyridine rings is 1. The summed E-state index contributed by atoms with van der Waals surface area (Å²) in [5.74, 6) is 0.894. The van der Waals surface area contributed by atoms with Crippen LogP contribution in [0.5, 0.6) is 5.75 Å². The van der Waals surface area contributed by atoms with Gasteiger partial charge in [0.25, 0.3) is 0 Å². The summed E-state index contributed by atoms with van der Waals surface area (Å²) in [4.78, 5) is 14.7. The van der Waals surface area contributed by atoms with Crippen molar-refractivity contribution >= 4 is 68.9 Å². The molecule has 1 N–H and O–H groups in total. The standard InChI is InChI=1S/C33H23N3O.Cs.H/c37-32-20-8-7-17-27(32)29-19-10-18-28(34-29)25-15-9-16-26(21-25)31-22-30(23-11-3-1-4-12-23)35-33(36-31)24-13-5-2-6-14-24;;/h1-22,37H;;. The van der Waals surface area contributed by atoms with Crippen molar-refractivity contribution in [2.24, 2.45) is 0 Å². The van der Waals surface area contributed by atoms with E-state index in [4.69, 9.17) is 15.0 Å². The summed E-state index contributed by atoms with van der Waals surface area (Å²) in [6.45, 7) is 0. The summed E-state index contributed by atoms with van der Waals surface area (Å²) in [5, 5.41) is 10.3. The first kappa shape index (κ1) is 26.6. The minimum atomic E-state index is 0. The van der Waals surface area contributed by atoms with E-state index in [0.29, 0.717) is 11.4 Å². The molecule has 0 radical (unpaired) electrons. The molecule has 0 aliphatic carbocycles. The van der Waals surface area contributed by atoms with Crippen molar-refractivity contribution in [3.63, 3.8) is 0 Å². The Morgan fingerprint density at radius 3 is 1.63 bits per heavy atom. The predicted octanol–water partition coefficient (Wildman–Crippen LogP) is 7.26. The van der Waals surface area contributed by atoms with E-state index >= 15 is 0 Å². The molecule has 0 atom stereocenters. The Hall–Kier alpha value is -3.04. The number of phenolic OH excluding ortho intramolecular Hbond substituents is 1. The van der Waals surface area contributed by atoms with Crippen molar-refractivity contribution in [1.29, 1.82) is 0 Å². The molecule has 4 nitrogen and oxygen atoms in total. The second-order valence-corrected chi connectivity index (χ2v) is 8.70. The van der Waals surface area contributed by atoms with Crippen molar-refractivity contribution in [3.05, 3.63) is 133 Å². The third-order valence-corrected chi connectivity index (χ3v) is 6.21. The van der Waals surface area contributed by atoms with E-state index in [-0.39, 0.29) is 74.6 Å². The molecule has 0 spiro atoms. The van der Waals surface area contributed by atoms with Crippen LogP contribution in [-0.2, 0) is 0 Å². The Bertz CT molecular complexity index is 1630. The van der Waals surface area contributed by atoms with Crippen molar-refractivity contribution in [3.8, 4) is 62.2 Å². The van der Waals surface area contributed by atoms with Crippen molar-refractivity contribution in [1.82, 2.24) is 15.0 Å². The molecule has 2 heterocycles. The number of phenols is 1.